The van der Waals surface area contributed by atoms with Crippen molar-refractivity contribution in [3.63, 3.8) is 0 Å². The zero-order valence-electron chi connectivity index (χ0n) is 13.9. The molecular formula is C18H16FN3O3S. The number of hydrogen-bond acceptors (Lipinski definition) is 5. The summed E-state index contributed by atoms with van der Waals surface area (Å²) in [5.74, 6) is -0.627. The van der Waals surface area contributed by atoms with Gasteiger partial charge in [-0.2, -0.15) is 4.98 Å². The van der Waals surface area contributed by atoms with Gasteiger partial charge in [0.1, 0.15) is 17.3 Å². The summed E-state index contributed by atoms with van der Waals surface area (Å²) >= 11 is 0. The average molecular weight is 373 g/mol. The van der Waals surface area contributed by atoms with E-state index in [9.17, 15) is 13.4 Å². The molecule has 2 aromatic carbocycles. The molecule has 0 spiro atoms. The molecule has 8 heteroatoms. The van der Waals surface area contributed by atoms with Crippen LogP contribution >= 0.6 is 0 Å². The highest BCUT2D eigenvalue weighted by Crippen LogP contribution is 2.17. The maximum absolute atomic E-state index is 13.1. The first-order valence-electron chi connectivity index (χ1n) is 7.79. The van der Waals surface area contributed by atoms with E-state index in [1.807, 2.05) is 31.2 Å². The van der Waals surface area contributed by atoms with Crippen molar-refractivity contribution in [2.45, 2.75) is 12.7 Å². The van der Waals surface area contributed by atoms with Gasteiger partial charge in [-0.15, -0.1) is 0 Å². The van der Waals surface area contributed by atoms with Gasteiger partial charge < -0.3 is 9.84 Å². The van der Waals surface area contributed by atoms with Crippen LogP contribution in [-0.2, 0) is 21.3 Å². The van der Waals surface area contributed by atoms with Gasteiger partial charge in [-0.05, 0) is 25.1 Å². The van der Waals surface area contributed by atoms with Crippen LogP contribution in [0.25, 0.3) is 11.4 Å². The number of rotatable bonds is 6. The van der Waals surface area contributed by atoms with Crippen molar-refractivity contribution in [1.29, 1.82) is 0 Å². The predicted molar refractivity (Wildman–Crippen MR) is 96.2 cm³/mol. The van der Waals surface area contributed by atoms with E-state index in [4.69, 9.17) is 4.52 Å². The van der Waals surface area contributed by atoms with E-state index in [-0.39, 0.29) is 17.4 Å². The van der Waals surface area contributed by atoms with E-state index in [0.717, 1.165) is 11.1 Å². The predicted octanol–water partition coefficient (Wildman–Crippen LogP) is 3.07. The van der Waals surface area contributed by atoms with Gasteiger partial charge in [0.05, 0.1) is 0 Å². The van der Waals surface area contributed by atoms with Crippen molar-refractivity contribution in [2.24, 2.45) is 0 Å². The Balaban J connectivity index is 1.56. The lowest BCUT2D eigenvalue weighted by molar-refractivity contribution is -0.113. The third-order valence-electron chi connectivity index (χ3n) is 3.46. The molecule has 1 heterocycles. The molecule has 1 amide bonds. The first kappa shape index (κ1) is 17.9. The molecule has 1 aromatic heterocycles. The standard InChI is InChI=1S/C18H16FN3O3S/c1-12-5-7-13(8-6-12)18-21-17(25-22-18)11-26(24)10-16(23)20-15-4-2-3-14(19)9-15/h2-9H,10-11H2,1H3,(H,20,23). The van der Waals surface area contributed by atoms with Crippen LogP contribution in [0.15, 0.2) is 53.1 Å². The third kappa shape index (κ3) is 4.82. The highest BCUT2D eigenvalue weighted by Gasteiger charge is 2.14. The summed E-state index contributed by atoms with van der Waals surface area (Å²) in [7, 11) is -1.53. The number of halogens is 1. The second-order valence-electron chi connectivity index (χ2n) is 5.66. The van der Waals surface area contributed by atoms with Crippen molar-refractivity contribution in [3.05, 3.63) is 65.8 Å². The molecule has 1 unspecified atom stereocenters. The zero-order chi connectivity index (χ0) is 18.5. The van der Waals surface area contributed by atoms with E-state index in [2.05, 4.69) is 15.5 Å². The fraction of sp³-hybridized carbons (Fsp3) is 0.167. The van der Waals surface area contributed by atoms with Gasteiger partial charge in [0.25, 0.3) is 0 Å². The number of benzene rings is 2. The summed E-state index contributed by atoms with van der Waals surface area (Å²) in [6, 6.07) is 13.1. The molecule has 26 heavy (non-hydrogen) atoms. The van der Waals surface area contributed by atoms with Crippen LogP contribution in [0, 0.1) is 12.7 Å². The lowest BCUT2D eigenvalue weighted by Gasteiger charge is -2.04. The molecule has 1 N–H and O–H groups in total. The van der Waals surface area contributed by atoms with Crippen molar-refractivity contribution in [3.8, 4) is 11.4 Å². The maximum atomic E-state index is 13.1. The second kappa shape index (κ2) is 8.01. The molecule has 0 radical (unpaired) electrons. The summed E-state index contributed by atoms with van der Waals surface area (Å²) in [5, 5.41) is 6.36. The highest BCUT2D eigenvalue weighted by atomic mass is 32.2. The van der Waals surface area contributed by atoms with Crippen molar-refractivity contribution >= 4 is 22.4 Å². The SMILES string of the molecule is Cc1ccc(-c2noc(CS(=O)CC(=O)Nc3cccc(F)c3)n2)cc1. The number of nitrogens with zero attached hydrogens (tertiary/aromatic N) is 2. The van der Waals surface area contributed by atoms with Crippen molar-refractivity contribution in [1.82, 2.24) is 10.1 Å². The van der Waals surface area contributed by atoms with Gasteiger partial charge in [0, 0.05) is 22.1 Å². The number of aryl methyl sites for hydroxylation is 1. The third-order valence-corrected chi connectivity index (χ3v) is 4.62. The number of hydrogen-bond donors (Lipinski definition) is 1. The van der Waals surface area contributed by atoms with E-state index in [1.165, 1.54) is 18.2 Å². The van der Waals surface area contributed by atoms with Crippen LogP contribution in [0.5, 0.6) is 0 Å². The fourth-order valence-electron chi connectivity index (χ4n) is 2.23. The number of aromatic nitrogens is 2. The Bertz CT molecular complexity index is 941. The van der Waals surface area contributed by atoms with E-state index in [0.29, 0.717) is 11.5 Å². The lowest BCUT2D eigenvalue weighted by Crippen LogP contribution is -2.20. The highest BCUT2D eigenvalue weighted by molar-refractivity contribution is 7.84. The summed E-state index contributed by atoms with van der Waals surface area (Å²) in [6.45, 7) is 1.98. The Kier molecular flexibility index (Phi) is 5.52. The first-order chi connectivity index (χ1) is 12.5. The van der Waals surface area contributed by atoms with Gasteiger partial charge in [-0.1, -0.05) is 41.1 Å². The van der Waals surface area contributed by atoms with Gasteiger partial charge in [0.2, 0.25) is 17.6 Å². The first-order valence-corrected chi connectivity index (χ1v) is 9.28. The van der Waals surface area contributed by atoms with E-state index in [1.54, 1.807) is 6.07 Å². The fourth-order valence-corrected chi connectivity index (χ4v) is 3.09. The van der Waals surface area contributed by atoms with Gasteiger partial charge in [-0.3, -0.25) is 9.00 Å². The van der Waals surface area contributed by atoms with Crippen molar-refractivity contribution in [2.75, 3.05) is 11.1 Å². The number of carbonyl (C=O) groups excluding carboxylic acids is 1. The number of nitrogens with one attached hydrogen (secondary N) is 1. The molecule has 3 aromatic rings. The molecule has 0 saturated heterocycles. The van der Waals surface area contributed by atoms with Gasteiger partial charge in [0.15, 0.2) is 0 Å². The minimum Gasteiger partial charge on any atom is -0.338 e. The van der Waals surface area contributed by atoms with E-state index < -0.39 is 22.5 Å². The van der Waals surface area contributed by atoms with E-state index >= 15 is 0 Å². The summed E-state index contributed by atoms with van der Waals surface area (Å²) in [5.41, 5.74) is 2.22. The van der Waals surface area contributed by atoms with Crippen LogP contribution in [0.3, 0.4) is 0 Å². The van der Waals surface area contributed by atoms with Crippen LogP contribution in [0.1, 0.15) is 11.5 Å². The lowest BCUT2D eigenvalue weighted by atomic mass is 10.1. The summed E-state index contributed by atoms with van der Waals surface area (Å²) in [4.78, 5) is 16.1. The second-order valence-corrected chi connectivity index (χ2v) is 7.12. The smallest absolute Gasteiger partial charge is 0.239 e. The largest absolute Gasteiger partial charge is 0.338 e. The Labute approximate surface area is 151 Å². The molecule has 0 bridgehead atoms. The molecule has 0 saturated carbocycles. The number of carbonyl (C=O) groups is 1. The van der Waals surface area contributed by atoms with Crippen LogP contribution < -0.4 is 5.32 Å². The Morgan fingerprint density at radius 1 is 1.23 bits per heavy atom. The molecule has 1 atom stereocenters. The molecule has 3 rings (SSSR count). The number of amides is 1. The van der Waals surface area contributed by atoms with Gasteiger partial charge in [-0.25, -0.2) is 4.39 Å². The molecule has 0 aliphatic carbocycles. The molecule has 0 aliphatic rings. The zero-order valence-corrected chi connectivity index (χ0v) is 14.8. The van der Waals surface area contributed by atoms with Crippen LogP contribution in [0.4, 0.5) is 10.1 Å². The summed E-state index contributed by atoms with van der Waals surface area (Å²) < 4.78 is 30.3. The van der Waals surface area contributed by atoms with Crippen LogP contribution in [0.2, 0.25) is 0 Å². The monoisotopic (exact) mass is 373 g/mol. The Morgan fingerprint density at radius 2 is 2.00 bits per heavy atom. The average Bonchev–Trinajstić information content (AvgIpc) is 3.03. The normalized spacial score (nSPS) is 11.9. The molecule has 134 valence electrons. The minimum absolute atomic E-state index is 0.0323. The maximum Gasteiger partial charge on any atom is 0.239 e. The molecule has 0 fully saturated rings. The minimum atomic E-state index is -1.53. The Morgan fingerprint density at radius 3 is 2.73 bits per heavy atom. The topological polar surface area (TPSA) is 85.1 Å². The summed E-state index contributed by atoms with van der Waals surface area (Å²) in [6.07, 6.45) is 0. The van der Waals surface area contributed by atoms with Crippen molar-refractivity contribution < 1.29 is 17.9 Å². The Hall–Kier alpha value is -2.87. The van der Waals surface area contributed by atoms with Gasteiger partial charge >= 0.3 is 0 Å². The quantitative estimate of drug-likeness (QED) is 0.718. The molecular weight excluding hydrogens is 357 g/mol. The number of anilines is 1. The van der Waals surface area contributed by atoms with Crippen LogP contribution in [-0.4, -0.2) is 26.0 Å². The molecule has 6 nitrogen and oxygen atoms in total. The molecule has 0 aliphatic heterocycles.